The lowest BCUT2D eigenvalue weighted by atomic mass is 10.0. The predicted molar refractivity (Wildman–Crippen MR) is 95.0 cm³/mol. The molecule has 0 saturated heterocycles. The normalized spacial score (nSPS) is 11.3. The molecule has 140 valence electrons. The largest absolute Gasteiger partial charge is 0.427 e. The molecule has 0 radical (unpaired) electrons. The summed E-state index contributed by atoms with van der Waals surface area (Å²) in [6, 6.07) is 10.5. The third-order valence-electron chi connectivity index (χ3n) is 3.62. The van der Waals surface area contributed by atoms with Gasteiger partial charge in [-0.05, 0) is 18.2 Å². The fraction of sp³-hybridized carbons (Fsp3) is 0.167. The van der Waals surface area contributed by atoms with Crippen molar-refractivity contribution in [2.24, 2.45) is 5.73 Å². The summed E-state index contributed by atoms with van der Waals surface area (Å²) in [6.07, 6.45) is -0.137. The van der Waals surface area contributed by atoms with Crippen LogP contribution in [-0.4, -0.2) is 28.7 Å². The van der Waals surface area contributed by atoms with Gasteiger partial charge in [0.2, 0.25) is 5.91 Å². The van der Waals surface area contributed by atoms with Gasteiger partial charge in [0.15, 0.2) is 0 Å². The molecule has 27 heavy (non-hydrogen) atoms. The zero-order valence-corrected chi connectivity index (χ0v) is 14.4. The van der Waals surface area contributed by atoms with Crippen LogP contribution in [0.25, 0.3) is 0 Å². The van der Waals surface area contributed by atoms with E-state index in [2.05, 4.69) is 5.32 Å². The fourth-order valence-electron chi connectivity index (χ4n) is 2.41. The Morgan fingerprint density at radius 1 is 1.19 bits per heavy atom. The Balaban J connectivity index is 2.19. The number of benzene rings is 2. The van der Waals surface area contributed by atoms with E-state index < -0.39 is 28.7 Å². The number of nitrogens with one attached hydrogen (secondary N) is 1. The second-order valence-corrected chi connectivity index (χ2v) is 5.64. The van der Waals surface area contributed by atoms with Crippen molar-refractivity contribution in [2.45, 2.75) is 19.4 Å². The Kier molecular flexibility index (Phi) is 6.21. The molecule has 3 N–H and O–H groups in total. The first-order valence-electron chi connectivity index (χ1n) is 7.89. The SMILES string of the molecule is CC(=O)Oc1cccc(C(=O)N[C@H](Cc2ccccc2[N+](=O)[O-])C(N)=O)c1. The van der Waals surface area contributed by atoms with Crippen molar-refractivity contribution in [2.75, 3.05) is 0 Å². The van der Waals surface area contributed by atoms with Gasteiger partial charge in [0.1, 0.15) is 11.8 Å². The zero-order chi connectivity index (χ0) is 20.0. The van der Waals surface area contributed by atoms with Gasteiger partial charge >= 0.3 is 5.97 Å². The summed E-state index contributed by atoms with van der Waals surface area (Å²) in [7, 11) is 0. The third kappa shape index (κ3) is 5.36. The van der Waals surface area contributed by atoms with Crippen molar-refractivity contribution in [3.63, 3.8) is 0 Å². The van der Waals surface area contributed by atoms with Crippen LogP contribution < -0.4 is 15.8 Å². The lowest BCUT2D eigenvalue weighted by Gasteiger charge is -2.16. The van der Waals surface area contributed by atoms with E-state index in [-0.39, 0.29) is 29.0 Å². The number of amides is 2. The van der Waals surface area contributed by atoms with Crippen LogP contribution in [0, 0.1) is 10.1 Å². The van der Waals surface area contributed by atoms with Crippen LogP contribution in [0.2, 0.25) is 0 Å². The highest BCUT2D eigenvalue weighted by Gasteiger charge is 2.23. The maximum atomic E-state index is 12.4. The van der Waals surface area contributed by atoms with Gasteiger partial charge in [0, 0.05) is 30.5 Å². The molecule has 9 heteroatoms. The minimum atomic E-state index is -1.16. The maximum Gasteiger partial charge on any atom is 0.308 e. The minimum Gasteiger partial charge on any atom is -0.427 e. The molecule has 2 amide bonds. The highest BCUT2D eigenvalue weighted by Crippen LogP contribution is 2.20. The smallest absolute Gasteiger partial charge is 0.308 e. The average Bonchev–Trinajstić information content (AvgIpc) is 2.61. The van der Waals surface area contributed by atoms with Crippen molar-refractivity contribution in [1.29, 1.82) is 0 Å². The maximum absolute atomic E-state index is 12.4. The monoisotopic (exact) mass is 371 g/mol. The van der Waals surface area contributed by atoms with Crippen LogP contribution in [0.3, 0.4) is 0 Å². The molecule has 1 atom stereocenters. The second-order valence-electron chi connectivity index (χ2n) is 5.64. The third-order valence-corrected chi connectivity index (χ3v) is 3.62. The standard InChI is InChI=1S/C18H17N3O6/c1-11(22)27-14-7-4-6-13(9-14)18(24)20-15(17(19)23)10-12-5-2-3-8-16(12)21(25)26/h2-9,15H,10H2,1H3,(H2,19,23)(H,20,24)/t15-/m1/s1. The quantitative estimate of drug-likeness (QED) is 0.326. The number of esters is 1. The Hall–Kier alpha value is -3.75. The molecule has 9 nitrogen and oxygen atoms in total. The van der Waals surface area contributed by atoms with E-state index in [1.807, 2.05) is 0 Å². The van der Waals surface area contributed by atoms with Gasteiger partial charge in [-0.2, -0.15) is 0 Å². The lowest BCUT2D eigenvalue weighted by molar-refractivity contribution is -0.385. The Morgan fingerprint density at radius 3 is 2.52 bits per heavy atom. The topological polar surface area (TPSA) is 142 Å². The summed E-state index contributed by atoms with van der Waals surface area (Å²) in [5.41, 5.74) is 5.57. The number of para-hydroxylation sites is 1. The fourth-order valence-corrected chi connectivity index (χ4v) is 2.41. The first-order valence-corrected chi connectivity index (χ1v) is 7.89. The summed E-state index contributed by atoms with van der Waals surface area (Å²) in [6.45, 7) is 1.22. The van der Waals surface area contributed by atoms with Crippen LogP contribution in [0.4, 0.5) is 5.69 Å². The number of nitrogens with zero attached hydrogens (tertiary/aromatic N) is 1. The molecule has 0 unspecified atom stereocenters. The Morgan fingerprint density at radius 2 is 1.89 bits per heavy atom. The van der Waals surface area contributed by atoms with E-state index in [1.165, 1.54) is 49.4 Å². The summed E-state index contributed by atoms with van der Waals surface area (Å²) >= 11 is 0. The molecule has 2 rings (SSSR count). The average molecular weight is 371 g/mol. The van der Waals surface area contributed by atoms with E-state index in [1.54, 1.807) is 6.07 Å². The van der Waals surface area contributed by atoms with Gasteiger partial charge in [-0.3, -0.25) is 24.5 Å². The molecule has 2 aromatic rings. The number of primary amides is 1. The van der Waals surface area contributed by atoms with Crippen molar-refractivity contribution in [3.8, 4) is 5.75 Å². The molecule has 0 spiro atoms. The molecule has 0 aliphatic rings. The van der Waals surface area contributed by atoms with Crippen LogP contribution in [-0.2, 0) is 16.0 Å². The summed E-state index contributed by atoms with van der Waals surface area (Å²) in [5.74, 6) is -1.84. The van der Waals surface area contributed by atoms with Crippen LogP contribution in [0.5, 0.6) is 5.75 Å². The van der Waals surface area contributed by atoms with Crippen LogP contribution in [0.1, 0.15) is 22.8 Å². The zero-order valence-electron chi connectivity index (χ0n) is 14.4. The first-order chi connectivity index (χ1) is 12.8. The number of hydrogen-bond acceptors (Lipinski definition) is 6. The highest BCUT2D eigenvalue weighted by molar-refractivity contribution is 5.97. The number of nitrogens with two attached hydrogens (primary N) is 1. The summed E-state index contributed by atoms with van der Waals surface area (Å²) in [4.78, 5) is 45.7. The molecule has 0 aliphatic carbocycles. The molecule has 0 bridgehead atoms. The number of nitro groups is 1. The van der Waals surface area contributed by atoms with Crippen molar-refractivity contribution >= 4 is 23.5 Å². The Labute approximate surface area is 154 Å². The predicted octanol–water partition coefficient (Wildman–Crippen LogP) is 1.35. The van der Waals surface area contributed by atoms with E-state index in [9.17, 15) is 24.5 Å². The number of carbonyl (C=O) groups is 3. The Bertz CT molecular complexity index is 896. The van der Waals surface area contributed by atoms with E-state index in [0.29, 0.717) is 0 Å². The summed E-state index contributed by atoms with van der Waals surface area (Å²) < 4.78 is 4.91. The van der Waals surface area contributed by atoms with Gasteiger partial charge in [-0.1, -0.05) is 24.3 Å². The molecular weight excluding hydrogens is 354 g/mol. The van der Waals surface area contributed by atoms with Crippen molar-refractivity contribution in [1.82, 2.24) is 5.32 Å². The van der Waals surface area contributed by atoms with Crippen molar-refractivity contribution < 1.29 is 24.0 Å². The number of hydrogen-bond donors (Lipinski definition) is 2. The number of rotatable bonds is 7. The van der Waals surface area contributed by atoms with Crippen LogP contribution >= 0.6 is 0 Å². The van der Waals surface area contributed by atoms with Gasteiger partial charge < -0.3 is 15.8 Å². The van der Waals surface area contributed by atoms with Gasteiger partial charge in [-0.25, -0.2) is 0 Å². The molecule has 0 saturated carbocycles. The van der Waals surface area contributed by atoms with E-state index in [4.69, 9.17) is 10.5 Å². The second kappa shape index (κ2) is 8.56. The van der Waals surface area contributed by atoms with E-state index >= 15 is 0 Å². The van der Waals surface area contributed by atoms with E-state index in [0.717, 1.165) is 0 Å². The molecule has 0 heterocycles. The summed E-state index contributed by atoms with van der Waals surface area (Å²) in [5, 5.41) is 13.6. The molecular formula is C18H17N3O6. The first kappa shape index (κ1) is 19.6. The van der Waals surface area contributed by atoms with Crippen molar-refractivity contribution in [3.05, 3.63) is 69.8 Å². The molecule has 0 aliphatic heterocycles. The molecule has 2 aromatic carbocycles. The number of nitro benzene ring substituents is 1. The lowest BCUT2D eigenvalue weighted by Crippen LogP contribution is -2.45. The van der Waals surface area contributed by atoms with Gasteiger partial charge in [0.25, 0.3) is 11.6 Å². The number of ether oxygens (including phenoxy) is 1. The molecule has 0 aromatic heterocycles. The van der Waals surface area contributed by atoms with Gasteiger partial charge in [0.05, 0.1) is 4.92 Å². The number of carbonyl (C=O) groups excluding carboxylic acids is 3. The minimum absolute atomic E-state index is 0.137. The molecule has 0 fully saturated rings. The van der Waals surface area contributed by atoms with Gasteiger partial charge in [-0.15, -0.1) is 0 Å². The van der Waals surface area contributed by atoms with Crippen LogP contribution in [0.15, 0.2) is 48.5 Å². The highest BCUT2D eigenvalue weighted by atomic mass is 16.6.